The summed E-state index contributed by atoms with van der Waals surface area (Å²) in [5.74, 6) is 0.999. The zero-order valence-corrected chi connectivity index (χ0v) is 14.4. The molecule has 0 aliphatic rings. The van der Waals surface area contributed by atoms with Crippen molar-refractivity contribution in [3.8, 4) is 5.75 Å². The maximum atomic E-state index is 5.44. The van der Waals surface area contributed by atoms with Gasteiger partial charge in [-0.15, -0.1) is 0 Å². The highest BCUT2D eigenvalue weighted by molar-refractivity contribution is 5.33. The summed E-state index contributed by atoms with van der Waals surface area (Å²) >= 11 is 0. The Morgan fingerprint density at radius 1 is 1.24 bits per heavy atom. The molecule has 0 amide bonds. The van der Waals surface area contributed by atoms with E-state index in [2.05, 4.69) is 50.2 Å². The standard InChI is InChI=1S/C18H32N2O/c1-6-19-15(2)10-9-13-20(4)16(3)14-17-11-7-8-12-18(17)21-5/h7-8,11-12,15-16,19H,6,9-10,13-14H2,1-5H3. The minimum Gasteiger partial charge on any atom is -0.496 e. The third-order valence-corrected chi connectivity index (χ3v) is 4.16. The molecule has 0 fully saturated rings. The normalized spacial score (nSPS) is 14.2. The highest BCUT2D eigenvalue weighted by Gasteiger charge is 2.12. The predicted molar refractivity (Wildman–Crippen MR) is 91.2 cm³/mol. The minimum atomic E-state index is 0.524. The van der Waals surface area contributed by atoms with E-state index < -0.39 is 0 Å². The van der Waals surface area contributed by atoms with Gasteiger partial charge in [-0.25, -0.2) is 0 Å². The number of ether oxygens (including phenoxy) is 1. The second-order valence-corrected chi connectivity index (χ2v) is 5.95. The lowest BCUT2D eigenvalue weighted by Gasteiger charge is -2.26. The summed E-state index contributed by atoms with van der Waals surface area (Å²) in [6, 6.07) is 9.46. The fourth-order valence-corrected chi connectivity index (χ4v) is 2.66. The molecule has 2 unspecified atom stereocenters. The van der Waals surface area contributed by atoms with Crippen molar-refractivity contribution >= 4 is 0 Å². The van der Waals surface area contributed by atoms with Crippen LogP contribution in [0.5, 0.6) is 5.75 Å². The van der Waals surface area contributed by atoms with E-state index >= 15 is 0 Å². The smallest absolute Gasteiger partial charge is 0.122 e. The molecule has 1 aromatic rings. The van der Waals surface area contributed by atoms with Crippen LogP contribution in [0.1, 0.15) is 39.2 Å². The van der Waals surface area contributed by atoms with Crippen molar-refractivity contribution in [2.24, 2.45) is 0 Å². The minimum absolute atomic E-state index is 0.524. The Kier molecular flexibility index (Phi) is 8.40. The van der Waals surface area contributed by atoms with Crippen molar-refractivity contribution in [2.45, 2.75) is 52.1 Å². The Morgan fingerprint density at radius 2 is 1.95 bits per heavy atom. The first-order valence-electron chi connectivity index (χ1n) is 8.14. The van der Waals surface area contributed by atoms with Crippen LogP contribution in [0.4, 0.5) is 0 Å². The van der Waals surface area contributed by atoms with E-state index in [0.717, 1.165) is 25.3 Å². The number of benzene rings is 1. The third kappa shape index (κ3) is 6.49. The summed E-state index contributed by atoms with van der Waals surface area (Å²) in [6.45, 7) is 8.92. The van der Waals surface area contributed by atoms with Crippen LogP contribution in [0, 0.1) is 0 Å². The Hall–Kier alpha value is -1.06. The highest BCUT2D eigenvalue weighted by Crippen LogP contribution is 2.20. The van der Waals surface area contributed by atoms with Gasteiger partial charge in [0.15, 0.2) is 0 Å². The number of rotatable bonds is 10. The van der Waals surface area contributed by atoms with Gasteiger partial charge in [0.1, 0.15) is 5.75 Å². The molecule has 3 nitrogen and oxygen atoms in total. The number of nitrogens with one attached hydrogen (secondary N) is 1. The first kappa shape index (κ1) is 18.0. The Bertz CT molecular complexity index is 395. The summed E-state index contributed by atoms with van der Waals surface area (Å²) in [4.78, 5) is 2.45. The zero-order chi connectivity index (χ0) is 15.7. The van der Waals surface area contributed by atoms with Crippen molar-refractivity contribution in [2.75, 3.05) is 27.2 Å². The second-order valence-electron chi connectivity index (χ2n) is 5.95. The van der Waals surface area contributed by atoms with Crippen molar-refractivity contribution < 1.29 is 4.74 Å². The molecule has 1 rings (SSSR count). The number of hydrogen-bond acceptors (Lipinski definition) is 3. The van der Waals surface area contributed by atoms with Crippen LogP contribution in [-0.2, 0) is 6.42 Å². The van der Waals surface area contributed by atoms with E-state index in [-0.39, 0.29) is 0 Å². The van der Waals surface area contributed by atoms with Crippen molar-refractivity contribution in [3.63, 3.8) is 0 Å². The van der Waals surface area contributed by atoms with Crippen LogP contribution in [0.3, 0.4) is 0 Å². The number of methoxy groups -OCH3 is 1. The zero-order valence-electron chi connectivity index (χ0n) is 14.4. The molecule has 21 heavy (non-hydrogen) atoms. The van der Waals surface area contributed by atoms with Gasteiger partial charge in [0.25, 0.3) is 0 Å². The molecule has 0 heterocycles. The molecule has 0 spiro atoms. The van der Waals surface area contributed by atoms with Crippen LogP contribution in [-0.4, -0.2) is 44.2 Å². The Labute approximate surface area is 130 Å². The summed E-state index contributed by atoms with van der Waals surface area (Å²) in [6.07, 6.45) is 3.50. The molecule has 2 atom stereocenters. The first-order chi connectivity index (χ1) is 10.1. The van der Waals surface area contributed by atoms with Crippen molar-refractivity contribution in [1.82, 2.24) is 10.2 Å². The summed E-state index contributed by atoms with van der Waals surface area (Å²) in [5.41, 5.74) is 1.29. The maximum Gasteiger partial charge on any atom is 0.122 e. The van der Waals surface area contributed by atoms with Crippen LogP contribution in [0.2, 0.25) is 0 Å². The van der Waals surface area contributed by atoms with E-state index in [9.17, 15) is 0 Å². The Morgan fingerprint density at radius 3 is 2.62 bits per heavy atom. The largest absolute Gasteiger partial charge is 0.496 e. The van der Waals surface area contributed by atoms with Gasteiger partial charge in [-0.3, -0.25) is 0 Å². The topological polar surface area (TPSA) is 24.5 Å². The lowest BCUT2D eigenvalue weighted by atomic mass is 10.0. The van der Waals surface area contributed by atoms with Gasteiger partial charge >= 0.3 is 0 Å². The molecular weight excluding hydrogens is 260 g/mol. The number of hydrogen-bond donors (Lipinski definition) is 1. The fourth-order valence-electron chi connectivity index (χ4n) is 2.66. The molecule has 3 heteroatoms. The quantitative estimate of drug-likeness (QED) is 0.716. The maximum absolute atomic E-state index is 5.44. The van der Waals surface area contributed by atoms with Gasteiger partial charge in [0.2, 0.25) is 0 Å². The van der Waals surface area contributed by atoms with Crippen LogP contribution in [0.25, 0.3) is 0 Å². The van der Waals surface area contributed by atoms with Gasteiger partial charge in [0.05, 0.1) is 7.11 Å². The van der Waals surface area contributed by atoms with Gasteiger partial charge in [-0.2, -0.15) is 0 Å². The SMILES string of the molecule is CCNC(C)CCCN(C)C(C)Cc1ccccc1OC. The predicted octanol–water partition coefficient (Wildman–Crippen LogP) is 3.34. The van der Waals surface area contributed by atoms with E-state index in [1.807, 2.05) is 12.1 Å². The molecule has 0 bridgehead atoms. The second kappa shape index (κ2) is 9.80. The monoisotopic (exact) mass is 292 g/mol. The lowest BCUT2D eigenvalue weighted by Crippen LogP contribution is -2.33. The van der Waals surface area contributed by atoms with Crippen LogP contribution < -0.4 is 10.1 Å². The average Bonchev–Trinajstić information content (AvgIpc) is 2.47. The van der Waals surface area contributed by atoms with Crippen molar-refractivity contribution in [3.05, 3.63) is 29.8 Å². The van der Waals surface area contributed by atoms with E-state index in [4.69, 9.17) is 4.74 Å². The molecule has 0 saturated carbocycles. The molecule has 1 N–H and O–H groups in total. The summed E-state index contributed by atoms with van der Waals surface area (Å²) in [7, 11) is 3.97. The molecular formula is C18H32N2O. The third-order valence-electron chi connectivity index (χ3n) is 4.16. The number of nitrogens with zero attached hydrogens (tertiary/aromatic N) is 1. The molecule has 0 aromatic heterocycles. The van der Waals surface area contributed by atoms with Gasteiger partial charge < -0.3 is 15.0 Å². The van der Waals surface area contributed by atoms with Gasteiger partial charge in [0, 0.05) is 12.1 Å². The van der Waals surface area contributed by atoms with Crippen LogP contribution in [0.15, 0.2) is 24.3 Å². The molecule has 0 radical (unpaired) electrons. The fraction of sp³-hybridized carbons (Fsp3) is 0.667. The Balaban J connectivity index is 2.38. The first-order valence-corrected chi connectivity index (χ1v) is 8.14. The molecule has 0 saturated heterocycles. The molecule has 120 valence electrons. The molecule has 0 aliphatic heterocycles. The van der Waals surface area contributed by atoms with Gasteiger partial charge in [-0.1, -0.05) is 25.1 Å². The lowest BCUT2D eigenvalue weighted by molar-refractivity contribution is 0.246. The van der Waals surface area contributed by atoms with E-state index in [1.165, 1.54) is 18.4 Å². The highest BCUT2D eigenvalue weighted by atomic mass is 16.5. The van der Waals surface area contributed by atoms with Crippen molar-refractivity contribution in [1.29, 1.82) is 0 Å². The van der Waals surface area contributed by atoms with E-state index in [1.54, 1.807) is 7.11 Å². The summed E-state index contributed by atoms with van der Waals surface area (Å²) in [5, 5.41) is 3.47. The summed E-state index contributed by atoms with van der Waals surface area (Å²) < 4.78 is 5.44. The number of likely N-dealkylation sites (N-methyl/N-ethyl adjacent to an activating group) is 1. The molecule has 0 aliphatic carbocycles. The number of para-hydroxylation sites is 1. The average molecular weight is 292 g/mol. The van der Waals surface area contributed by atoms with Gasteiger partial charge in [-0.05, 0) is 64.9 Å². The van der Waals surface area contributed by atoms with Crippen LogP contribution >= 0.6 is 0 Å². The molecule has 1 aromatic carbocycles. The van der Waals surface area contributed by atoms with E-state index in [0.29, 0.717) is 12.1 Å².